The SMILES string of the molecule is N#Cc1ccc(SN2CCC[C@@H](Nc3nccc(-c4c(-c5cccc(O)c5)nc5sccn45)n3)C2)cc1.O.O. The number of anilines is 1. The Morgan fingerprint density at radius 3 is 2.74 bits per heavy atom. The molecule has 0 radical (unpaired) electrons. The van der Waals surface area contributed by atoms with E-state index in [-0.39, 0.29) is 22.7 Å². The molecule has 1 fully saturated rings. The number of phenols is 1. The minimum absolute atomic E-state index is 0. The maximum absolute atomic E-state index is 10.0. The van der Waals surface area contributed by atoms with Gasteiger partial charge in [0.2, 0.25) is 5.95 Å². The highest BCUT2D eigenvalue weighted by atomic mass is 32.2. The average molecular weight is 562 g/mol. The van der Waals surface area contributed by atoms with Crippen LogP contribution in [0.2, 0.25) is 0 Å². The van der Waals surface area contributed by atoms with Gasteiger partial charge in [-0.25, -0.2) is 19.3 Å². The van der Waals surface area contributed by atoms with Crippen molar-refractivity contribution in [3.63, 3.8) is 0 Å². The number of phenolic OH excluding ortho intramolecular Hbond substituents is 1. The molecule has 0 amide bonds. The normalized spacial score (nSPS) is 15.2. The molecule has 1 aliphatic heterocycles. The molecule has 0 saturated carbocycles. The van der Waals surface area contributed by atoms with Gasteiger partial charge in [-0.05, 0) is 67.3 Å². The Labute approximate surface area is 233 Å². The fourth-order valence-corrected chi connectivity index (χ4v) is 6.26. The van der Waals surface area contributed by atoms with Crippen LogP contribution in [0.25, 0.3) is 27.6 Å². The molecular weight excluding hydrogens is 534 g/mol. The van der Waals surface area contributed by atoms with Crippen molar-refractivity contribution in [3.8, 4) is 34.5 Å². The van der Waals surface area contributed by atoms with Crippen LogP contribution in [-0.2, 0) is 0 Å². The zero-order valence-electron chi connectivity index (χ0n) is 20.8. The van der Waals surface area contributed by atoms with Crippen LogP contribution < -0.4 is 5.32 Å². The monoisotopic (exact) mass is 561 g/mol. The van der Waals surface area contributed by atoms with E-state index in [2.05, 4.69) is 20.7 Å². The standard InChI is InChI=1S/C27H23N7OS2.2H2O/c28-16-18-6-8-22(9-7-18)37-33-12-2-4-20(17-33)30-26-29-11-10-23(31-26)25-24(19-3-1-5-21(35)15-19)32-27-34(25)13-14-36-27;;/h1,3,5-11,13-15,20,35H,2,4,12,17H2,(H,29,30,31);2*1H2/t20-;;/m1../s1. The summed E-state index contributed by atoms with van der Waals surface area (Å²) in [5, 5.41) is 24.6. The van der Waals surface area contributed by atoms with Gasteiger partial charge in [0.05, 0.1) is 23.0 Å². The third-order valence-corrected chi connectivity index (χ3v) is 8.04. The Morgan fingerprint density at radius 1 is 1.10 bits per heavy atom. The van der Waals surface area contributed by atoms with E-state index in [1.165, 1.54) is 0 Å². The predicted molar refractivity (Wildman–Crippen MR) is 154 cm³/mol. The van der Waals surface area contributed by atoms with E-state index < -0.39 is 0 Å². The van der Waals surface area contributed by atoms with E-state index in [9.17, 15) is 5.11 Å². The van der Waals surface area contributed by atoms with Crippen molar-refractivity contribution >= 4 is 34.2 Å². The van der Waals surface area contributed by atoms with E-state index in [0.717, 1.165) is 58.4 Å². The number of aromatic hydroxyl groups is 1. The molecule has 10 nitrogen and oxygen atoms in total. The van der Waals surface area contributed by atoms with Crippen molar-refractivity contribution in [2.75, 3.05) is 18.4 Å². The summed E-state index contributed by atoms with van der Waals surface area (Å²) in [5.41, 5.74) is 3.91. The first kappa shape index (κ1) is 28.0. The molecule has 5 aromatic rings. The summed E-state index contributed by atoms with van der Waals surface area (Å²) in [5.74, 6) is 0.783. The maximum Gasteiger partial charge on any atom is 0.223 e. The molecule has 3 aromatic heterocycles. The van der Waals surface area contributed by atoms with Crippen molar-refractivity contribution in [3.05, 3.63) is 77.9 Å². The van der Waals surface area contributed by atoms with Crippen molar-refractivity contribution in [2.45, 2.75) is 23.8 Å². The number of aromatic nitrogens is 4. The lowest BCUT2D eigenvalue weighted by molar-refractivity contribution is 0.355. The minimum Gasteiger partial charge on any atom is -0.508 e. The molecule has 4 heterocycles. The summed E-state index contributed by atoms with van der Waals surface area (Å²) < 4.78 is 4.38. The predicted octanol–water partition coefficient (Wildman–Crippen LogP) is 4.03. The Hall–Kier alpha value is -3.99. The molecule has 39 heavy (non-hydrogen) atoms. The molecule has 12 heteroatoms. The lowest BCUT2D eigenvalue weighted by atomic mass is 10.1. The smallest absolute Gasteiger partial charge is 0.223 e. The lowest BCUT2D eigenvalue weighted by Crippen LogP contribution is -2.38. The number of thiazole rings is 1. The second-order valence-electron chi connectivity index (χ2n) is 8.78. The Balaban J connectivity index is 0.00000176. The van der Waals surface area contributed by atoms with Gasteiger partial charge in [-0.3, -0.25) is 4.40 Å². The number of nitrogens with zero attached hydrogens (tertiary/aromatic N) is 6. The van der Waals surface area contributed by atoms with Gasteiger partial charge in [0, 0.05) is 47.4 Å². The van der Waals surface area contributed by atoms with E-state index >= 15 is 0 Å². The van der Waals surface area contributed by atoms with Crippen LogP contribution in [0.1, 0.15) is 18.4 Å². The molecule has 0 unspecified atom stereocenters. The largest absolute Gasteiger partial charge is 0.508 e. The molecule has 200 valence electrons. The second kappa shape index (κ2) is 12.2. The molecule has 0 spiro atoms. The van der Waals surface area contributed by atoms with Gasteiger partial charge in [0.1, 0.15) is 11.4 Å². The molecule has 0 bridgehead atoms. The Morgan fingerprint density at radius 2 is 1.95 bits per heavy atom. The molecule has 1 aliphatic rings. The van der Waals surface area contributed by atoms with Gasteiger partial charge >= 0.3 is 0 Å². The van der Waals surface area contributed by atoms with E-state index in [1.807, 2.05) is 58.4 Å². The highest BCUT2D eigenvalue weighted by molar-refractivity contribution is 7.97. The number of nitrogens with one attached hydrogen (secondary N) is 1. The topological polar surface area (TPSA) is 165 Å². The lowest BCUT2D eigenvalue weighted by Gasteiger charge is -2.32. The van der Waals surface area contributed by atoms with Gasteiger partial charge < -0.3 is 21.4 Å². The minimum atomic E-state index is 0. The van der Waals surface area contributed by atoms with Crippen LogP contribution in [0.3, 0.4) is 0 Å². The quantitative estimate of drug-likeness (QED) is 0.293. The first-order chi connectivity index (χ1) is 18.2. The summed E-state index contributed by atoms with van der Waals surface area (Å²) in [4.78, 5) is 16.2. The summed E-state index contributed by atoms with van der Waals surface area (Å²) in [7, 11) is 0. The van der Waals surface area contributed by atoms with Crippen molar-refractivity contribution < 1.29 is 16.1 Å². The molecule has 1 atom stereocenters. The van der Waals surface area contributed by atoms with Crippen molar-refractivity contribution in [1.82, 2.24) is 23.7 Å². The summed E-state index contributed by atoms with van der Waals surface area (Å²) in [6.45, 7) is 1.86. The first-order valence-corrected chi connectivity index (χ1v) is 13.6. The molecule has 0 aliphatic carbocycles. The third kappa shape index (κ3) is 6.03. The van der Waals surface area contributed by atoms with Gasteiger partial charge in [-0.15, -0.1) is 11.3 Å². The summed E-state index contributed by atoms with van der Waals surface area (Å²) >= 11 is 3.27. The number of hydrogen-bond donors (Lipinski definition) is 2. The van der Waals surface area contributed by atoms with Crippen LogP contribution in [-0.4, -0.2) is 58.8 Å². The molecule has 1 saturated heterocycles. The van der Waals surface area contributed by atoms with Crippen LogP contribution in [0.4, 0.5) is 5.95 Å². The zero-order chi connectivity index (χ0) is 25.2. The average Bonchev–Trinajstić information content (AvgIpc) is 3.51. The summed E-state index contributed by atoms with van der Waals surface area (Å²) in [6.07, 6.45) is 5.87. The zero-order valence-corrected chi connectivity index (χ0v) is 22.4. The molecule has 6 N–H and O–H groups in total. The van der Waals surface area contributed by atoms with Crippen molar-refractivity contribution in [2.24, 2.45) is 0 Å². The van der Waals surface area contributed by atoms with Gasteiger partial charge in [0.25, 0.3) is 0 Å². The third-order valence-electron chi connectivity index (χ3n) is 6.22. The summed E-state index contributed by atoms with van der Waals surface area (Å²) in [6, 6.07) is 19.1. The molecular formula is C27H27N7O3S2. The highest BCUT2D eigenvalue weighted by Gasteiger charge is 2.23. The fourth-order valence-electron chi connectivity index (χ4n) is 4.51. The van der Waals surface area contributed by atoms with E-state index in [0.29, 0.717) is 11.5 Å². The van der Waals surface area contributed by atoms with Gasteiger partial charge in [0.15, 0.2) is 4.96 Å². The number of piperidine rings is 1. The fraction of sp³-hybridized carbons (Fsp3) is 0.185. The number of rotatable bonds is 6. The Kier molecular flexibility index (Phi) is 8.80. The van der Waals surface area contributed by atoms with E-state index in [4.69, 9.17) is 15.2 Å². The van der Waals surface area contributed by atoms with Gasteiger partial charge in [-0.1, -0.05) is 12.1 Å². The maximum atomic E-state index is 10.0. The van der Waals surface area contributed by atoms with E-state index in [1.54, 1.807) is 41.6 Å². The van der Waals surface area contributed by atoms with Crippen LogP contribution in [0, 0.1) is 11.3 Å². The van der Waals surface area contributed by atoms with Crippen molar-refractivity contribution in [1.29, 1.82) is 5.26 Å². The van der Waals surface area contributed by atoms with Crippen LogP contribution in [0.5, 0.6) is 5.75 Å². The molecule has 2 aromatic carbocycles. The first-order valence-electron chi connectivity index (χ1n) is 11.9. The number of benzene rings is 2. The van der Waals surface area contributed by atoms with Crippen LogP contribution >= 0.6 is 23.3 Å². The number of nitriles is 1. The number of fused-ring (bicyclic) bond motifs is 1. The number of imidazole rings is 1. The number of hydrogen-bond acceptors (Lipinski definition) is 9. The molecule has 6 rings (SSSR count). The van der Waals surface area contributed by atoms with Gasteiger partial charge in [-0.2, -0.15) is 5.26 Å². The Bertz CT molecular complexity index is 1600. The van der Waals surface area contributed by atoms with Crippen LogP contribution in [0.15, 0.2) is 77.3 Å². The second-order valence-corrected chi connectivity index (χ2v) is 10.8. The highest BCUT2D eigenvalue weighted by Crippen LogP contribution is 2.35.